The van der Waals surface area contributed by atoms with Gasteiger partial charge < -0.3 is 15.5 Å². The van der Waals surface area contributed by atoms with Gasteiger partial charge in [0.25, 0.3) is 0 Å². The van der Waals surface area contributed by atoms with Crippen LogP contribution in [-0.4, -0.2) is 55.6 Å². The normalized spacial score (nSPS) is 28.2. The lowest BCUT2D eigenvalue weighted by Crippen LogP contribution is -2.58. The zero-order valence-electron chi connectivity index (χ0n) is 8.63. The van der Waals surface area contributed by atoms with Crippen molar-refractivity contribution in [2.24, 2.45) is 11.1 Å². The molecule has 76 valence electrons. The van der Waals surface area contributed by atoms with Crippen molar-refractivity contribution >= 4 is 0 Å². The topological polar surface area (TPSA) is 32.5 Å². The summed E-state index contributed by atoms with van der Waals surface area (Å²) in [5.41, 5.74) is 6.19. The average molecular weight is 183 g/mol. The van der Waals surface area contributed by atoms with Gasteiger partial charge >= 0.3 is 0 Å². The molecule has 0 aliphatic carbocycles. The molecule has 0 saturated carbocycles. The van der Waals surface area contributed by atoms with E-state index in [-0.39, 0.29) is 0 Å². The zero-order chi connectivity index (χ0) is 9.31. The summed E-state index contributed by atoms with van der Waals surface area (Å²) in [6, 6.07) is 0. The molecule has 0 aromatic rings. The molecule has 13 heavy (non-hydrogen) atoms. The average Bonchev–Trinajstić information content (AvgIpc) is 2.48. The first-order chi connectivity index (χ1) is 6.28. The molecule has 2 aliphatic heterocycles. The Morgan fingerprint density at radius 2 is 1.92 bits per heavy atom. The molecule has 3 nitrogen and oxygen atoms in total. The lowest BCUT2D eigenvalue weighted by molar-refractivity contribution is 0.0116. The van der Waals surface area contributed by atoms with Crippen LogP contribution in [0, 0.1) is 5.41 Å². The van der Waals surface area contributed by atoms with Gasteiger partial charge in [-0.3, -0.25) is 0 Å². The first-order valence-electron chi connectivity index (χ1n) is 5.43. The van der Waals surface area contributed by atoms with Gasteiger partial charge in [0.15, 0.2) is 0 Å². The SMILES string of the molecule is CCN1CCC2(C1)CN(CCN)C2. The van der Waals surface area contributed by atoms with Crippen molar-refractivity contribution in [1.82, 2.24) is 9.80 Å². The molecule has 1 spiro atoms. The summed E-state index contributed by atoms with van der Waals surface area (Å²) in [6.07, 6.45) is 1.40. The van der Waals surface area contributed by atoms with E-state index >= 15 is 0 Å². The Balaban J connectivity index is 1.78. The maximum Gasteiger partial charge on any atom is 0.0105 e. The molecular formula is C10H21N3. The summed E-state index contributed by atoms with van der Waals surface area (Å²) in [5, 5.41) is 0. The summed E-state index contributed by atoms with van der Waals surface area (Å²) >= 11 is 0. The highest BCUT2D eigenvalue weighted by Crippen LogP contribution is 2.38. The van der Waals surface area contributed by atoms with Crippen molar-refractivity contribution in [3.63, 3.8) is 0 Å². The summed E-state index contributed by atoms with van der Waals surface area (Å²) in [6.45, 7) is 10.6. The fourth-order valence-electron chi connectivity index (χ4n) is 2.80. The predicted octanol–water partition coefficient (Wildman–Crippen LogP) is -0.0273. The molecule has 2 saturated heterocycles. The van der Waals surface area contributed by atoms with Crippen molar-refractivity contribution in [2.75, 3.05) is 45.8 Å². The molecule has 2 rings (SSSR count). The third kappa shape index (κ3) is 1.73. The molecule has 0 unspecified atom stereocenters. The molecule has 0 radical (unpaired) electrons. The highest BCUT2D eigenvalue weighted by molar-refractivity contribution is 5.00. The second-order valence-electron chi connectivity index (χ2n) is 4.62. The van der Waals surface area contributed by atoms with Crippen LogP contribution in [0.4, 0.5) is 0 Å². The highest BCUT2D eigenvalue weighted by atomic mass is 15.3. The van der Waals surface area contributed by atoms with Crippen LogP contribution in [0.5, 0.6) is 0 Å². The first kappa shape index (κ1) is 9.44. The van der Waals surface area contributed by atoms with Crippen LogP contribution in [0.1, 0.15) is 13.3 Å². The smallest absolute Gasteiger partial charge is 0.0105 e. The highest BCUT2D eigenvalue weighted by Gasteiger charge is 2.46. The third-order valence-electron chi connectivity index (χ3n) is 3.53. The molecular weight excluding hydrogens is 162 g/mol. The van der Waals surface area contributed by atoms with Gasteiger partial charge in [-0.1, -0.05) is 6.92 Å². The summed E-state index contributed by atoms with van der Waals surface area (Å²) < 4.78 is 0. The second-order valence-corrected chi connectivity index (χ2v) is 4.62. The van der Waals surface area contributed by atoms with Crippen molar-refractivity contribution in [2.45, 2.75) is 13.3 Å². The Bertz CT molecular complexity index is 175. The van der Waals surface area contributed by atoms with Gasteiger partial charge in [-0.15, -0.1) is 0 Å². The van der Waals surface area contributed by atoms with Crippen LogP contribution in [0.2, 0.25) is 0 Å². The molecule has 2 heterocycles. The van der Waals surface area contributed by atoms with Gasteiger partial charge in [0.05, 0.1) is 0 Å². The molecule has 2 fully saturated rings. The molecule has 3 heteroatoms. The fraction of sp³-hybridized carbons (Fsp3) is 1.00. The Hall–Kier alpha value is -0.120. The Morgan fingerprint density at radius 3 is 2.46 bits per heavy atom. The van der Waals surface area contributed by atoms with Crippen LogP contribution in [0.3, 0.4) is 0 Å². The maximum atomic E-state index is 5.53. The van der Waals surface area contributed by atoms with Crippen LogP contribution in [-0.2, 0) is 0 Å². The number of nitrogens with zero attached hydrogens (tertiary/aromatic N) is 2. The minimum atomic E-state index is 0.658. The lowest BCUT2D eigenvalue weighted by Gasteiger charge is -2.48. The molecule has 0 amide bonds. The van der Waals surface area contributed by atoms with Crippen LogP contribution >= 0.6 is 0 Å². The first-order valence-corrected chi connectivity index (χ1v) is 5.43. The van der Waals surface area contributed by atoms with E-state index in [0.717, 1.165) is 13.1 Å². The Labute approximate surface area is 80.9 Å². The monoisotopic (exact) mass is 183 g/mol. The van der Waals surface area contributed by atoms with Gasteiger partial charge in [0, 0.05) is 38.1 Å². The van der Waals surface area contributed by atoms with E-state index in [1.807, 2.05) is 0 Å². The van der Waals surface area contributed by atoms with Crippen molar-refractivity contribution in [3.8, 4) is 0 Å². The third-order valence-corrected chi connectivity index (χ3v) is 3.53. The van der Waals surface area contributed by atoms with E-state index in [4.69, 9.17) is 5.73 Å². The number of rotatable bonds is 3. The Kier molecular flexibility index (Phi) is 2.58. The minimum Gasteiger partial charge on any atom is -0.329 e. The number of nitrogens with two attached hydrogens (primary N) is 1. The van der Waals surface area contributed by atoms with Crippen LogP contribution in [0.25, 0.3) is 0 Å². The van der Waals surface area contributed by atoms with Crippen molar-refractivity contribution < 1.29 is 0 Å². The van der Waals surface area contributed by atoms with E-state index in [2.05, 4.69) is 16.7 Å². The minimum absolute atomic E-state index is 0.658. The summed E-state index contributed by atoms with van der Waals surface area (Å²) in [5.74, 6) is 0. The van der Waals surface area contributed by atoms with Gasteiger partial charge in [0.1, 0.15) is 0 Å². The van der Waals surface area contributed by atoms with Gasteiger partial charge in [-0.05, 0) is 19.5 Å². The van der Waals surface area contributed by atoms with Crippen molar-refractivity contribution in [1.29, 1.82) is 0 Å². The Morgan fingerprint density at radius 1 is 1.23 bits per heavy atom. The number of hydrogen-bond donors (Lipinski definition) is 1. The van der Waals surface area contributed by atoms with Crippen molar-refractivity contribution in [3.05, 3.63) is 0 Å². The van der Waals surface area contributed by atoms with Crippen LogP contribution in [0.15, 0.2) is 0 Å². The molecule has 0 bridgehead atoms. The fourth-order valence-corrected chi connectivity index (χ4v) is 2.80. The molecule has 0 aromatic carbocycles. The van der Waals surface area contributed by atoms with E-state index in [1.165, 1.54) is 39.1 Å². The predicted molar refractivity (Wildman–Crippen MR) is 54.7 cm³/mol. The standard InChI is InChI=1S/C10H21N3/c1-2-12-5-3-10(7-12)8-13(9-10)6-4-11/h2-9,11H2,1H3. The molecule has 2 aliphatic rings. The largest absolute Gasteiger partial charge is 0.329 e. The summed E-state index contributed by atoms with van der Waals surface area (Å²) in [4.78, 5) is 5.05. The summed E-state index contributed by atoms with van der Waals surface area (Å²) in [7, 11) is 0. The van der Waals surface area contributed by atoms with E-state index in [1.54, 1.807) is 0 Å². The quantitative estimate of drug-likeness (QED) is 0.667. The number of hydrogen-bond acceptors (Lipinski definition) is 3. The van der Waals surface area contributed by atoms with Gasteiger partial charge in [-0.2, -0.15) is 0 Å². The number of likely N-dealkylation sites (tertiary alicyclic amines) is 2. The molecule has 0 aromatic heterocycles. The van der Waals surface area contributed by atoms with E-state index in [9.17, 15) is 0 Å². The lowest BCUT2D eigenvalue weighted by atomic mass is 9.79. The molecule has 0 atom stereocenters. The second kappa shape index (κ2) is 3.56. The van der Waals surface area contributed by atoms with E-state index < -0.39 is 0 Å². The van der Waals surface area contributed by atoms with Crippen LogP contribution < -0.4 is 5.73 Å². The zero-order valence-corrected chi connectivity index (χ0v) is 8.63. The molecule has 2 N–H and O–H groups in total. The van der Waals surface area contributed by atoms with Gasteiger partial charge in [0.2, 0.25) is 0 Å². The van der Waals surface area contributed by atoms with E-state index in [0.29, 0.717) is 5.41 Å². The van der Waals surface area contributed by atoms with Gasteiger partial charge in [-0.25, -0.2) is 0 Å². The maximum absolute atomic E-state index is 5.53.